The molecule has 0 spiro atoms. The smallest absolute Gasteiger partial charge is 0.230 e. The minimum Gasteiger partial charge on any atom is -0.491 e. The molecule has 0 atom stereocenters. The quantitative estimate of drug-likeness (QED) is 0.742. The van der Waals surface area contributed by atoms with Crippen molar-refractivity contribution in [3.8, 4) is 5.75 Å². The van der Waals surface area contributed by atoms with Gasteiger partial charge < -0.3 is 15.4 Å². The average molecular weight is 206 g/mol. The molecule has 0 saturated heterocycles. The molecule has 0 aromatic heterocycles. The number of benzene rings is 1. The van der Waals surface area contributed by atoms with Crippen molar-refractivity contribution in [3.63, 3.8) is 0 Å². The SMILES string of the molecule is CN1C(=O)CCOc2ccc(CN)cc21. The molecule has 0 bridgehead atoms. The fourth-order valence-corrected chi connectivity index (χ4v) is 1.62. The summed E-state index contributed by atoms with van der Waals surface area (Å²) >= 11 is 0. The summed E-state index contributed by atoms with van der Waals surface area (Å²) in [6.45, 7) is 0.910. The molecule has 0 saturated carbocycles. The summed E-state index contributed by atoms with van der Waals surface area (Å²) in [7, 11) is 1.76. The van der Waals surface area contributed by atoms with Gasteiger partial charge in [-0.15, -0.1) is 0 Å². The Kier molecular flexibility index (Phi) is 2.60. The monoisotopic (exact) mass is 206 g/mol. The van der Waals surface area contributed by atoms with Crippen molar-refractivity contribution in [2.75, 3.05) is 18.6 Å². The number of carbonyl (C=O) groups is 1. The zero-order chi connectivity index (χ0) is 10.8. The van der Waals surface area contributed by atoms with E-state index in [1.165, 1.54) is 0 Å². The number of hydrogen-bond donors (Lipinski definition) is 1. The molecule has 0 aliphatic carbocycles. The summed E-state index contributed by atoms with van der Waals surface area (Å²) in [5.41, 5.74) is 7.36. The fourth-order valence-electron chi connectivity index (χ4n) is 1.62. The Bertz CT molecular complexity index is 390. The lowest BCUT2D eigenvalue weighted by Crippen LogP contribution is -2.25. The highest BCUT2D eigenvalue weighted by molar-refractivity contribution is 5.95. The van der Waals surface area contributed by atoms with Crippen LogP contribution in [-0.2, 0) is 11.3 Å². The van der Waals surface area contributed by atoms with Crippen molar-refractivity contribution in [1.29, 1.82) is 0 Å². The number of hydrogen-bond acceptors (Lipinski definition) is 3. The number of carbonyl (C=O) groups excluding carboxylic acids is 1. The predicted octanol–water partition coefficient (Wildman–Crippen LogP) is 0.891. The Balaban J connectivity index is 2.45. The third-order valence-electron chi connectivity index (χ3n) is 2.57. The first-order valence-corrected chi connectivity index (χ1v) is 4.94. The summed E-state index contributed by atoms with van der Waals surface area (Å²) in [6.07, 6.45) is 0.420. The van der Waals surface area contributed by atoms with Gasteiger partial charge in [-0.1, -0.05) is 6.07 Å². The highest BCUT2D eigenvalue weighted by atomic mass is 16.5. The van der Waals surface area contributed by atoms with Gasteiger partial charge in [-0.05, 0) is 17.7 Å². The Morgan fingerprint density at radius 1 is 1.53 bits per heavy atom. The molecule has 2 rings (SSSR count). The first-order valence-electron chi connectivity index (χ1n) is 4.94. The number of anilines is 1. The molecule has 2 N–H and O–H groups in total. The van der Waals surface area contributed by atoms with Crippen LogP contribution >= 0.6 is 0 Å². The summed E-state index contributed by atoms with van der Waals surface area (Å²) in [4.78, 5) is 13.2. The highest BCUT2D eigenvalue weighted by Gasteiger charge is 2.19. The largest absolute Gasteiger partial charge is 0.491 e. The number of nitrogens with two attached hydrogens (primary N) is 1. The van der Waals surface area contributed by atoms with Gasteiger partial charge in [0.2, 0.25) is 5.91 Å². The van der Waals surface area contributed by atoms with Crippen LogP contribution in [0.25, 0.3) is 0 Å². The lowest BCUT2D eigenvalue weighted by molar-refractivity contribution is -0.118. The Morgan fingerprint density at radius 3 is 3.07 bits per heavy atom. The van der Waals surface area contributed by atoms with Gasteiger partial charge in [0, 0.05) is 13.6 Å². The number of fused-ring (bicyclic) bond motifs is 1. The van der Waals surface area contributed by atoms with Crippen LogP contribution < -0.4 is 15.4 Å². The van der Waals surface area contributed by atoms with Crippen LogP contribution in [0.1, 0.15) is 12.0 Å². The second kappa shape index (κ2) is 3.90. The van der Waals surface area contributed by atoms with E-state index in [-0.39, 0.29) is 5.91 Å². The molecular formula is C11H14N2O2. The van der Waals surface area contributed by atoms with Gasteiger partial charge >= 0.3 is 0 Å². The Labute approximate surface area is 88.6 Å². The normalized spacial score (nSPS) is 15.6. The molecule has 80 valence electrons. The average Bonchev–Trinajstić information content (AvgIpc) is 2.40. The first kappa shape index (κ1) is 9.98. The zero-order valence-corrected chi connectivity index (χ0v) is 8.69. The Hall–Kier alpha value is -1.55. The molecule has 4 nitrogen and oxygen atoms in total. The van der Waals surface area contributed by atoms with E-state index >= 15 is 0 Å². The molecule has 1 aromatic rings. The maximum Gasteiger partial charge on any atom is 0.230 e. The van der Waals surface area contributed by atoms with E-state index in [0.29, 0.717) is 19.6 Å². The van der Waals surface area contributed by atoms with Gasteiger partial charge in [-0.2, -0.15) is 0 Å². The van der Waals surface area contributed by atoms with Gasteiger partial charge in [-0.25, -0.2) is 0 Å². The van der Waals surface area contributed by atoms with Crippen LogP contribution in [-0.4, -0.2) is 19.6 Å². The molecule has 0 unspecified atom stereocenters. The molecular weight excluding hydrogens is 192 g/mol. The minimum atomic E-state index is 0.0721. The van der Waals surface area contributed by atoms with Crippen LogP contribution in [0, 0.1) is 0 Å². The van der Waals surface area contributed by atoms with Crippen molar-refractivity contribution in [2.24, 2.45) is 5.73 Å². The molecule has 1 aliphatic heterocycles. The van der Waals surface area contributed by atoms with E-state index in [2.05, 4.69) is 0 Å². The van der Waals surface area contributed by atoms with Crippen LogP contribution in [0.2, 0.25) is 0 Å². The third-order valence-corrected chi connectivity index (χ3v) is 2.57. The van der Waals surface area contributed by atoms with Gasteiger partial charge in [-0.3, -0.25) is 4.79 Å². The molecule has 1 aromatic carbocycles. The van der Waals surface area contributed by atoms with Crippen molar-refractivity contribution < 1.29 is 9.53 Å². The fraction of sp³-hybridized carbons (Fsp3) is 0.364. The lowest BCUT2D eigenvalue weighted by atomic mass is 10.1. The van der Waals surface area contributed by atoms with Crippen LogP contribution in [0.5, 0.6) is 5.75 Å². The third kappa shape index (κ3) is 1.80. The standard InChI is InChI=1S/C11H14N2O2/c1-13-9-6-8(7-12)2-3-10(9)15-5-4-11(13)14/h2-3,6H,4-5,7,12H2,1H3. The molecule has 1 aliphatic rings. The van der Waals surface area contributed by atoms with Crippen LogP contribution in [0.15, 0.2) is 18.2 Å². The first-order chi connectivity index (χ1) is 7.22. The number of amides is 1. The lowest BCUT2D eigenvalue weighted by Gasteiger charge is -2.16. The van der Waals surface area contributed by atoms with Gasteiger partial charge in [0.1, 0.15) is 5.75 Å². The predicted molar refractivity (Wildman–Crippen MR) is 57.9 cm³/mol. The van der Waals surface area contributed by atoms with E-state index in [1.807, 2.05) is 18.2 Å². The second-order valence-electron chi connectivity index (χ2n) is 3.56. The van der Waals surface area contributed by atoms with E-state index in [1.54, 1.807) is 11.9 Å². The highest BCUT2D eigenvalue weighted by Crippen LogP contribution is 2.31. The summed E-state index contributed by atoms with van der Waals surface area (Å²) in [5, 5.41) is 0. The van der Waals surface area contributed by atoms with E-state index < -0.39 is 0 Å². The van der Waals surface area contributed by atoms with Crippen molar-refractivity contribution in [1.82, 2.24) is 0 Å². The summed E-state index contributed by atoms with van der Waals surface area (Å²) < 4.78 is 5.49. The van der Waals surface area contributed by atoms with Crippen molar-refractivity contribution in [2.45, 2.75) is 13.0 Å². The topological polar surface area (TPSA) is 55.6 Å². The zero-order valence-electron chi connectivity index (χ0n) is 8.69. The minimum absolute atomic E-state index is 0.0721. The van der Waals surface area contributed by atoms with Crippen LogP contribution in [0.4, 0.5) is 5.69 Å². The summed E-state index contributed by atoms with van der Waals surface area (Å²) in [5.74, 6) is 0.823. The maximum atomic E-state index is 11.6. The molecule has 15 heavy (non-hydrogen) atoms. The molecule has 0 radical (unpaired) electrons. The second-order valence-corrected chi connectivity index (χ2v) is 3.56. The van der Waals surface area contributed by atoms with Gasteiger partial charge in [0.05, 0.1) is 18.7 Å². The van der Waals surface area contributed by atoms with Gasteiger partial charge in [0.15, 0.2) is 0 Å². The Morgan fingerprint density at radius 2 is 2.33 bits per heavy atom. The molecule has 1 amide bonds. The van der Waals surface area contributed by atoms with E-state index in [0.717, 1.165) is 17.0 Å². The van der Waals surface area contributed by atoms with Crippen LogP contribution in [0.3, 0.4) is 0 Å². The maximum absolute atomic E-state index is 11.6. The van der Waals surface area contributed by atoms with Crippen molar-refractivity contribution >= 4 is 11.6 Å². The molecule has 1 heterocycles. The number of rotatable bonds is 1. The van der Waals surface area contributed by atoms with Crippen molar-refractivity contribution in [3.05, 3.63) is 23.8 Å². The molecule has 0 fully saturated rings. The number of nitrogens with zero attached hydrogens (tertiary/aromatic N) is 1. The van der Waals surface area contributed by atoms with E-state index in [4.69, 9.17) is 10.5 Å². The number of ether oxygens (including phenoxy) is 1. The molecule has 4 heteroatoms. The summed E-state index contributed by atoms with van der Waals surface area (Å²) in [6, 6.07) is 5.69. The van der Waals surface area contributed by atoms with E-state index in [9.17, 15) is 4.79 Å². The van der Waals surface area contributed by atoms with Gasteiger partial charge in [0.25, 0.3) is 0 Å².